The average Bonchev–Trinajstić information content (AvgIpc) is 2.37. The van der Waals surface area contributed by atoms with Crippen molar-refractivity contribution in [1.29, 1.82) is 0 Å². The topological polar surface area (TPSA) is 78.4 Å². The van der Waals surface area contributed by atoms with Crippen molar-refractivity contribution in [3.8, 4) is 0 Å². The van der Waals surface area contributed by atoms with Gasteiger partial charge in [0.2, 0.25) is 5.91 Å². The summed E-state index contributed by atoms with van der Waals surface area (Å²) in [4.78, 5) is 21.7. The highest BCUT2D eigenvalue weighted by Crippen LogP contribution is 2.05. The number of carbonyl (C=O) groups is 2. The first-order valence-electron chi connectivity index (χ1n) is 6.02. The van der Waals surface area contributed by atoms with E-state index in [1.54, 1.807) is 18.2 Å². The summed E-state index contributed by atoms with van der Waals surface area (Å²) in [5.74, 6) is -1.46. The third-order valence-electron chi connectivity index (χ3n) is 2.46. The Balaban J connectivity index is 2.15. The van der Waals surface area contributed by atoms with Crippen molar-refractivity contribution in [1.82, 2.24) is 10.6 Å². The van der Waals surface area contributed by atoms with Gasteiger partial charge in [0.1, 0.15) is 5.82 Å². The third kappa shape index (κ3) is 6.52. The molecule has 0 spiro atoms. The van der Waals surface area contributed by atoms with Gasteiger partial charge in [0.05, 0.1) is 6.54 Å². The molecule has 1 rings (SSSR count). The summed E-state index contributed by atoms with van der Waals surface area (Å²) in [5, 5.41) is 13.8. The lowest BCUT2D eigenvalue weighted by atomic mass is 10.2. The fraction of sp³-hybridized carbons (Fsp3) is 0.385. The van der Waals surface area contributed by atoms with Crippen molar-refractivity contribution in [3.05, 3.63) is 35.6 Å². The summed E-state index contributed by atoms with van der Waals surface area (Å²) in [7, 11) is 0. The number of rotatable bonds is 8. The summed E-state index contributed by atoms with van der Waals surface area (Å²) in [6.07, 6.45) is 0.541. The predicted octanol–water partition coefficient (Wildman–Crippen LogP) is 0.896. The molecule has 0 radical (unpaired) electrons. The van der Waals surface area contributed by atoms with Crippen LogP contribution in [0.25, 0.3) is 0 Å². The number of carbonyl (C=O) groups excluding carboxylic acids is 1. The molecular formula is C13H17FN2O3. The Bertz CT molecular complexity index is 438. The number of hydrogen-bond donors (Lipinski definition) is 3. The Morgan fingerprint density at radius 2 is 2.00 bits per heavy atom. The van der Waals surface area contributed by atoms with E-state index in [1.165, 1.54) is 6.07 Å². The number of amides is 1. The quantitative estimate of drug-likeness (QED) is 0.612. The molecule has 0 aromatic heterocycles. The molecule has 0 fully saturated rings. The van der Waals surface area contributed by atoms with Gasteiger partial charge in [-0.15, -0.1) is 0 Å². The van der Waals surface area contributed by atoms with Crippen molar-refractivity contribution >= 4 is 11.9 Å². The van der Waals surface area contributed by atoms with E-state index in [2.05, 4.69) is 10.6 Å². The number of carboxylic acids is 1. The van der Waals surface area contributed by atoms with Gasteiger partial charge in [-0.25, -0.2) is 4.39 Å². The first-order chi connectivity index (χ1) is 9.09. The fourth-order valence-corrected chi connectivity index (χ4v) is 1.46. The van der Waals surface area contributed by atoms with Crippen LogP contribution in [0, 0.1) is 5.82 Å². The Labute approximate surface area is 110 Å². The molecule has 0 aliphatic heterocycles. The number of halogens is 1. The number of nitrogens with one attached hydrogen (secondary N) is 2. The second-order valence-electron chi connectivity index (χ2n) is 4.04. The zero-order valence-electron chi connectivity index (χ0n) is 10.5. The minimum atomic E-state index is -0.856. The van der Waals surface area contributed by atoms with Gasteiger partial charge in [0.15, 0.2) is 0 Å². The molecule has 0 atom stereocenters. The van der Waals surface area contributed by atoms with Crippen LogP contribution in [0.1, 0.15) is 18.4 Å². The van der Waals surface area contributed by atoms with Crippen molar-refractivity contribution in [2.24, 2.45) is 0 Å². The summed E-state index contributed by atoms with van der Waals surface area (Å²) in [6.45, 7) is 0.690. The Morgan fingerprint density at radius 3 is 2.68 bits per heavy atom. The van der Waals surface area contributed by atoms with Gasteiger partial charge in [-0.3, -0.25) is 9.59 Å². The van der Waals surface area contributed by atoms with Gasteiger partial charge in [0.25, 0.3) is 0 Å². The molecule has 0 heterocycles. The lowest BCUT2D eigenvalue weighted by Gasteiger charge is -2.07. The molecular weight excluding hydrogens is 251 g/mol. The zero-order chi connectivity index (χ0) is 14.1. The van der Waals surface area contributed by atoms with E-state index >= 15 is 0 Å². The smallest absolute Gasteiger partial charge is 0.303 e. The summed E-state index contributed by atoms with van der Waals surface area (Å²) in [6, 6.07) is 6.24. The largest absolute Gasteiger partial charge is 0.481 e. The maximum atomic E-state index is 13.2. The van der Waals surface area contributed by atoms with E-state index in [1.807, 2.05) is 0 Å². The van der Waals surface area contributed by atoms with Gasteiger partial charge in [-0.1, -0.05) is 18.2 Å². The lowest BCUT2D eigenvalue weighted by Crippen LogP contribution is -2.34. The van der Waals surface area contributed by atoms with E-state index in [0.717, 1.165) is 0 Å². The van der Waals surface area contributed by atoms with Crippen LogP contribution in [0.2, 0.25) is 0 Å². The minimum absolute atomic E-state index is 0.0733. The van der Waals surface area contributed by atoms with E-state index in [0.29, 0.717) is 18.5 Å². The van der Waals surface area contributed by atoms with Crippen LogP contribution >= 0.6 is 0 Å². The molecule has 1 aromatic rings. The normalized spacial score (nSPS) is 10.2. The van der Waals surface area contributed by atoms with Gasteiger partial charge in [-0.2, -0.15) is 0 Å². The van der Waals surface area contributed by atoms with Crippen molar-refractivity contribution in [2.75, 3.05) is 13.1 Å². The average molecular weight is 268 g/mol. The van der Waals surface area contributed by atoms with Crippen LogP contribution in [0.4, 0.5) is 4.39 Å². The molecule has 0 unspecified atom stereocenters. The highest BCUT2D eigenvalue weighted by atomic mass is 19.1. The molecule has 0 saturated heterocycles. The lowest BCUT2D eigenvalue weighted by molar-refractivity contribution is -0.137. The van der Waals surface area contributed by atoms with Crippen molar-refractivity contribution < 1.29 is 19.1 Å². The van der Waals surface area contributed by atoms with Crippen molar-refractivity contribution in [3.63, 3.8) is 0 Å². The van der Waals surface area contributed by atoms with Crippen LogP contribution in [0.15, 0.2) is 24.3 Å². The number of carboxylic acid groups (broad SMARTS) is 1. The molecule has 0 aliphatic rings. The Morgan fingerprint density at radius 1 is 1.26 bits per heavy atom. The second kappa shape index (κ2) is 8.20. The highest BCUT2D eigenvalue weighted by molar-refractivity contribution is 5.77. The van der Waals surface area contributed by atoms with Gasteiger partial charge >= 0.3 is 5.97 Å². The second-order valence-corrected chi connectivity index (χ2v) is 4.04. The number of hydrogen-bond acceptors (Lipinski definition) is 3. The first kappa shape index (κ1) is 15.1. The monoisotopic (exact) mass is 268 g/mol. The van der Waals surface area contributed by atoms with E-state index in [4.69, 9.17) is 5.11 Å². The maximum Gasteiger partial charge on any atom is 0.303 e. The molecule has 104 valence electrons. The van der Waals surface area contributed by atoms with Crippen LogP contribution in [0.5, 0.6) is 0 Å². The third-order valence-corrected chi connectivity index (χ3v) is 2.46. The van der Waals surface area contributed by atoms with E-state index in [9.17, 15) is 14.0 Å². The first-order valence-corrected chi connectivity index (χ1v) is 6.02. The highest BCUT2D eigenvalue weighted by Gasteiger charge is 2.04. The molecule has 1 aromatic carbocycles. The molecule has 1 amide bonds. The van der Waals surface area contributed by atoms with Crippen LogP contribution < -0.4 is 10.6 Å². The fourth-order valence-electron chi connectivity index (χ4n) is 1.46. The molecule has 0 saturated carbocycles. The van der Waals surface area contributed by atoms with Gasteiger partial charge < -0.3 is 15.7 Å². The van der Waals surface area contributed by atoms with E-state index < -0.39 is 5.97 Å². The molecule has 0 bridgehead atoms. The predicted molar refractivity (Wildman–Crippen MR) is 68.0 cm³/mol. The van der Waals surface area contributed by atoms with Gasteiger partial charge in [-0.05, 0) is 19.0 Å². The number of benzene rings is 1. The van der Waals surface area contributed by atoms with Gasteiger partial charge in [0, 0.05) is 18.5 Å². The molecule has 3 N–H and O–H groups in total. The van der Waals surface area contributed by atoms with E-state index in [-0.39, 0.29) is 31.2 Å². The summed E-state index contributed by atoms with van der Waals surface area (Å²) < 4.78 is 13.2. The summed E-state index contributed by atoms with van der Waals surface area (Å²) in [5.41, 5.74) is 0.432. The molecule has 6 heteroatoms. The SMILES string of the molecule is O=C(O)CCCNCC(=O)NCc1ccccc1F. The number of aliphatic carboxylic acids is 1. The van der Waals surface area contributed by atoms with Crippen LogP contribution in [0.3, 0.4) is 0 Å². The maximum absolute atomic E-state index is 13.2. The molecule has 0 aliphatic carbocycles. The molecule has 19 heavy (non-hydrogen) atoms. The Kier molecular flexibility index (Phi) is 6.52. The molecule has 5 nitrogen and oxygen atoms in total. The zero-order valence-corrected chi connectivity index (χ0v) is 10.5. The summed E-state index contributed by atoms with van der Waals surface area (Å²) >= 11 is 0. The van der Waals surface area contributed by atoms with Crippen molar-refractivity contribution in [2.45, 2.75) is 19.4 Å². The van der Waals surface area contributed by atoms with Crippen LogP contribution in [-0.4, -0.2) is 30.1 Å². The standard InChI is InChI=1S/C13H17FN2O3/c14-11-5-2-1-4-10(11)8-16-12(17)9-15-7-3-6-13(18)19/h1-2,4-5,15H,3,6-9H2,(H,16,17)(H,18,19). The van der Waals surface area contributed by atoms with Crippen LogP contribution in [-0.2, 0) is 16.1 Å². The minimum Gasteiger partial charge on any atom is -0.481 e. The Hall–Kier alpha value is -1.95.